The normalized spacial score (nSPS) is 10.4. The van der Waals surface area contributed by atoms with E-state index < -0.39 is 11.9 Å². The molecule has 2 aromatic rings. The van der Waals surface area contributed by atoms with Crippen molar-refractivity contribution in [2.45, 2.75) is 32.0 Å². The fourth-order valence-corrected chi connectivity index (χ4v) is 3.26. The maximum atomic E-state index is 12.3. The van der Waals surface area contributed by atoms with Gasteiger partial charge in [0.15, 0.2) is 5.16 Å². The third-order valence-corrected chi connectivity index (χ3v) is 4.71. The Balaban J connectivity index is 2.12. The Labute approximate surface area is 166 Å². The summed E-state index contributed by atoms with van der Waals surface area (Å²) in [6.45, 7) is 4.68. The van der Waals surface area contributed by atoms with Crippen LogP contribution >= 0.6 is 11.8 Å². The highest BCUT2D eigenvalue weighted by Gasteiger charge is 2.16. The van der Waals surface area contributed by atoms with E-state index in [2.05, 4.69) is 25.0 Å². The smallest absolute Gasteiger partial charge is 0.337 e. The number of benzene rings is 1. The van der Waals surface area contributed by atoms with Gasteiger partial charge < -0.3 is 19.4 Å². The Bertz CT molecular complexity index is 847. The van der Waals surface area contributed by atoms with E-state index in [1.807, 2.05) is 18.4 Å². The van der Waals surface area contributed by atoms with Crippen LogP contribution < -0.4 is 5.32 Å². The lowest BCUT2D eigenvalue weighted by atomic mass is 10.1. The van der Waals surface area contributed by atoms with Crippen molar-refractivity contribution in [2.24, 2.45) is 0 Å². The first kappa shape index (κ1) is 21.4. The first-order valence-electron chi connectivity index (χ1n) is 8.53. The molecule has 0 aliphatic rings. The van der Waals surface area contributed by atoms with Gasteiger partial charge in [0.1, 0.15) is 5.82 Å². The third-order valence-electron chi connectivity index (χ3n) is 3.74. The highest BCUT2D eigenvalue weighted by Crippen LogP contribution is 2.20. The summed E-state index contributed by atoms with van der Waals surface area (Å²) in [5, 5.41) is 11.5. The monoisotopic (exact) mass is 406 g/mol. The lowest BCUT2D eigenvalue weighted by molar-refractivity contribution is -0.113. The van der Waals surface area contributed by atoms with E-state index in [4.69, 9.17) is 0 Å². The van der Waals surface area contributed by atoms with E-state index >= 15 is 0 Å². The molecule has 0 atom stereocenters. The summed E-state index contributed by atoms with van der Waals surface area (Å²) >= 11 is 1.26. The number of amides is 1. The molecule has 1 aromatic carbocycles. The van der Waals surface area contributed by atoms with Crippen molar-refractivity contribution in [3.8, 4) is 0 Å². The Hall–Kier alpha value is -2.88. The topological polar surface area (TPSA) is 112 Å². The molecule has 1 amide bonds. The molecule has 10 heteroatoms. The van der Waals surface area contributed by atoms with Gasteiger partial charge in [-0.3, -0.25) is 4.79 Å². The minimum absolute atomic E-state index is 0.0951. The predicted molar refractivity (Wildman–Crippen MR) is 104 cm³/mol. The second-order valence-electron chi connectivity index (χ2n) is 5.80. The summed E-state index contributed by atoms with van der Waals surface area (Å²) in [6.07, 6.45) is 0.926. The number of hydrogen-bond donors (Lipinski definition) is 1. The fourth-order valence-electron chi connectivity index (χ4n) is 2.45. The number of aromatic nitrogens is 3. The average Bonchev–Trinajstić information content (AvgIpc) is 3.04. The van der Waals surface area contributed by atoms with Crippen LogP contribution in [-0.2, 0) is 20.8 Å². The largest absolute Gasteiger partial charge is 0.465 e. The molecule has 0 aliphatic carbocycles. The van der Waals surface area contributed by atoms with Gasteiger partial charge in [-0.2, -0.15) is 0 Å². The summed E-state index contributed by atoms with van der Waals surface area (Å²) in [5.41, 5.74) is 0.554. The number of anilines is 1. The molecule has 0 saturated heterocycles. The highest BCUT2D eigenvalue weighted by atomic mass is 32.2. The molecule has 0 aliphatic heterocycles. The van der Waals surface area contributed by atoms with E-state index in [-0.39, 0.29) is 22.8 Å². The lowest BCUT2D eigenvalue weighted by Gasteiger charge is -2.10. The van der Waals surface area contributed by atoms with Crippen molar-refractivity contribution in [3.05, 3.63) is 35.2 Å². The molecular formula is C18H22N4O5S. The number of ether oxygens (including phenoxy) is 2. The van der Waals surface area contributed by atoms with Crippen LogP contribution in [-0.4, -0.2) is 52.6 Å². The van der Waals surface area contributed by atoms with Gasteiger partial charge in [-0.15, -0.1) is 10.2 Å². The number of hydrogen-bond acceptors (Lipinski definition) is 8. The van der Waals surface area contributed by atoms with Gasteiger partial charge in [-0.05, 0) is 31.5 Å². The lowest BCUT2D eigenvalue weighted by Crippen LogP contribution is -2.16. The van der Waals surface area contributed by atoms with Crippen LogP contribution in [0.15, 0.2) is 23.4 Å². The number of aryl methyl sites for hydroxylation is 1. The van der Waals surface area contributed by atoms with Gasteiger partial charge >= 0.3 is 11.9 Å². The number of thioether (sulfide) groups is 1. The SMILES string of the molecule is CCCn1c(C)nnc1SCC(=O)Nc1cc(C(=O)OC)cc(C(=O)OC)c1. The summed E-state index contributed by atoms with van der Waals surface area (Å²) < 4.78 is 11.3. The number of nitrogens with one attached hydrogen (secondary N) is 1. The van der Waals surface area contributed by atoms with Crippen molar-refractivity contribution >= 4 is 35.3 Å². The van der Waals surface area contributed by atoms with Crippen LogP contribution in [0, 0.1) is 6.92 Å². The summed E-state index contributed by atoms with van der Waals surface area (Å²) in [7, 11) is 2.47. The molecule has 1 heterocycles. The van der Waals surface area contributed by atoms with Gasteiger partial charge in [0, 0.05) is 12.2 Å². The van der Waals surface area contributed by atoms with E-state index in [0.29, 0.717) is 10.8 Å². The molecular weight excluding hydrogens is 384 g/mol. The minimum atomic E-state index is -0.626. The molecule has 0 saturated carbocycles. The number of carbonyl (C=O) groups excluding carboxylic acids is 3. The Morgan fingerprint density at radius 1 is 1.07 bits per heavy atom. The maximum Gasteiger partial charge on any atom is 0.337 e. The quantitative estimate of drug-likeness (QED) is 0.525. The van der Waals surface area contributed by atoms with Crippen molar-refractivity contribution < 1.29 is 23.9 Å². The highest BCUT2D eigenvalue weighted by molar-refractivity contribution is 7.99. The van der Waals surface area contributed by atoms with Gasteiger partial charge in [-0.1, -0.05) is 18.7 Å². The third kappa shape index (κ3) is 5.32. The van der Waals surface area contributed by atoms with E-state index in [1.165, 1.54) is 44.2 Å². The zero-order chi connectivity index (χ0) is 20.7. The molecule has 0 bridgehead atoms. The van der Waals surface area contributed by atoms with Crippen LogP contribution in [0.5, 0.6) is 0 Å². The van der Waals surface area contributed by atoms with Crippen LogP contribution in [0.25, 0.3) is 0 Å². The number of rotatable bonds is 8. The minimum Gasteiger partial charge on any atom is -0.465 e. The molecule has 0 fully saturated rings. The summed E-state index contributed by atoms with van der Waals surface area (Å²) in [5.74, 6) is -0.681. The zero-order valence-corrected chi connectivity index (χ0v) is 17.0. The molecule has 2 rings (SSSR count). The molecule has 150 valence electrons. The molecule has 1 N–H and O–H groups in total. The van der Waals surface area contributed by atoms with Crippen LogP contribution in [0.4, 0.5) is 5.69 Å². The molecule has 0 unspecified atom stereocenters. The standard InChI is InChI=1S/C18H22N4O5S/c1-5-6-22-11(2)20-21-18(22)28-10-15(23)19-14-8-12(16(24)26-3)7-13(9-14)17(25)27-4/h7-9H,5-6,10H2,1-4H3,(H,19,23). The van der Waals surface area contributed by atoms with Gasteiger partial charge in [0.2, 0.25) is 5.91 Å². The number of esters is 2. The Kier molecular flexibility index (Phi) is 7.56. The zero-order valence-electron chi connectivity index (χ0n) is 16.1. The first-order valence-corrected chi connectivity index (χ1v) is 9.52. The molecule has 0 spiro atoms. The van der Waals surface area contributed by atoms with Crippen molar-refractivity contribution in [3.63, 3.8) is 0 Å². The van der Waals surface area contributed by atoms with Gasteiger partial charge in [-0.25, -0.2) is 9.59 Å². The van der Waals surface area contributed by atoms with E-state index in [1.54, 1.807) is 0 Å². The molecule has 0 radical (unpaired) electrons. The molecule has 1 aromatic heterocycles. The number of carbonyl (C=O) groups is 3. The van der Waals surface area contributed by atoms with E-state index in [0.717, 1.165) is 18.8 Å². The van der Waals surface area contributed by atoms with Gasteiger partial charge in [0.05, 0.1) is 31.1 Å². The first-order chi connectivity index (χ1) is 13.4. The van der Waals surface area contributed by atoms with Crippen LogP contribution in [0.1, 0.15) is 39.9 Å². The Morgan fingerprint density at radius 2 is 1.68 bits per heavy atom. The van der Waals surface area contributed by atoms with Gasteiger partial charge in [0.25, 0.3) is 0 Å². The second kappa shape index (κ2) is 9.88. The predicted octanol–water partition coefficient (Wildman–Crippen LogP) is 2.30. The summed E-state index contributed by atoms with van der Waals surface area (Å²) in [4.78, 5) is 36.0. The van der Waals surface area contributed by atoms with Crippen molar-refractivity contribution in [1.29, 1.82) is 0 Å². The van der Waals surface area contributed by atoms with Crippen molar-refractivity contribution in [1.82, 2.24) is 14.8 Å². The summed E-state index contributed by atoms with van der Waals surface area (Å²) in [6, 6.07) is 4.22. The molecule has 9 nitrogen and oxygen atoms in total. The van der Waals surface area contributed by atoms with E-state index in [9.17, 15) is 14.4 Å². The second-order valence-corrected chi connectivity index (χ2v) is 6.74. The maximum absolute atomic E-state index is 12.3. The van der Waals surface area contributed by atoms with Crippen molar-refractivity contribution in [2.75, 3.05) is 25.3 Å². The average molecular weight is 406 g/mol. The van der Waals surface area contributed by atoms with Crippen LogP contribution in [0.3, 0.4) is 0 Å². The number of methoxy groups -OCH3 is 2. The Morgan fingerprint density at radius 3 is 2.21 bits per heavy atom. The van der Waals surface area contributed by atoms with Crippen LogP contribution in [0.2, 0.25) is 0 Å². The fraction of sp³-hybridized carbons (Fsp3) is 0.389. The number of nitrogens with zero attached hydrogens (tertiary/aromatic N) is 3. The molecule has 28 heavy (non-hydrogen) atoms.